The molecule has 1 aliphatic heterocycles. The Labute approximate surface area is 184 Å². The van der Waals surface area contributed by atoms with Crippen LogP contribution < -0.4 is 0 Å². The monoisotopic (exact) mass is 425 g/mol. The summed E-state index contributed by atoms with van der Waals surface area (Å²) in [7, 11) is 2.99. The lowest BCUT2D eigenvalue weighted by Crippen LogP contribution is -2.44. The van der Waals surface area contributed by atoms with Crippen LogP contribution in [0.15, 0.2) is 54.6 Å². The van der Waals surface area contributed by atoms with Crippen LogP contribution in [0.1, 0.15) is 32.8 Å². The van der Waals surface area contributed by atoms with Crippen molar-refractivity contribution in [1.82, 2.24) is 4.90 Å². The van der Waals surface area contributed by atoms with Gasteiger partial charge in [0.25, 0.3) is 0 Å². The van der Waals surface area contributed by atoms with E-state index in [1.807, 2.05) is 30.3 Å². The van der Waals surface area contributed by atoms with E-state index in [1.54, 1.807) is 20.8 Å². The number of rotatable bonds is 6. The minimum Gasteiger partial charge on any atom is -0.443 e. The lowest BCUT2D eigenvalue weighted by atomic mass is 9.97. The number of carbonyl (C=O) groups excluding carboxylic acids is 2. The van der Waals surface area contributed by atoms with Crippen molar-refractivity contribution in [2.24, 2.45) is 5.92 Å². The van der Waals surface area contributed by atoms with Crippen LogP contribution in [0.3, 0.4) is 0 Å². The van der Waals surface area contributed by atoms with Crippen molar-refractivity contribution < 1.29 is 23.8 Å². The predicted octanol–water partition coefficient (Wildman–Crippen LogP) is 4.67. The first-order valence-corrected chi connectivity index (χ1v) is 10.5. The number of carbonyl (C=O) groups is 2. The molecule has 31 heavy (non-hydrogen) atoms. The van der Waals surface area contributed by atoms with Crippen molar-refractivity contribution in [3.05, 3.63) is 60.2 Å². The van der Waals surface area contributed by atoms with E-state index in [1.165, 1.54) is 19.1 Å². The average Bonchev–Trinajstić information content (AvgIpc) is 3.05. The van der Waals surface area contributed by atoms with Gasteiger partial charge < -0.3 is 14.2 Å². The lowest BCUT2D eigenvalue weighted by Gasteiger charge is -2.27. The molecule has 0 N–H and O–H groups in total. The fourth-order valence-corrected chi connectivity index (χ4v) is 3.97. The molecule has 1 heterocycles. The molecule has 2 amide bonds. The molecule has 166 valence electrons. The number of hydrogen-bond donors (Lipinski definition) is 0. The van der Waals surface area contributed by atoms with Gasteiger partial charge in [0, 0.05) is 20.3 Å². The van der Waals surface area contributed by atoms with Gasteiger partial charge in [-0.25, -0.2) is 9.69 Å². The number of imide groups is 1. The zero-order valence-electron chi connectivity index (χ0n) is 18.8. The molecule has 0 aliphatic carbocycles. The molecule has 1 unspecified atom stereocenters. The second-order valence-electron chi connectivity index (χ2n) is 8.79. The highest BCUT2D eigenvalue weighted by atomic mass is 16.7. The SMILES string of the molecule is COC(OC)C1C[C@@H](Cc2ccc(-c3ccccc3)cc2)N(C(=O)OC(C)(C)C)C1=O. The number of hydrogen-bond acceptors (Lipinski definition) is 5. The summed E-state index contributed by atoms with van der Waals surface area (Å²) in [6.07, 6.45) is -0.346. The van der Waals surface area contributed by atoms with E-state index < -0.39 is 23.9 Å². The third kappa shape index (κ3) is 5.51. The zero-order chi connectivity index (χ0) is 22.6. The van der Waals surface area contributed by atoms with E-state index in [0.717, 1.165) is 16.7 Å². The Hall–Kier alpha value is -2.70. The van der Waals surface area contributed by atoms with Gasteiger partial charge in [0.2, 0.25) is 5.91 Å². The van der Waals surface area contributed by atoms with Crippen molar-refractivity contribution in [1.29, 1.82) is 0 Å². The Morgan fingerprint density at radius 2 is 1.58 bits per heavy atom. The Balaban J connectivity index is 1.82. The summed E-state index contributed by atoms with van der Waals surface area (Å²) in [5.74, 6) is -0.884. The summed E-state index contributed by atoms with van der Waals surface area (Å²) in [5.41, 5.74) is 2.60. The Morgan fingerprint density at radius 1 is 1.00 bits per heavy atom. The van der Waals surface area contributed by atoms with Gasteiger partial charge in [-0.3, -0.25) is 4.79 Å². The van der Waals surface area contributed by atoms with E-state index in [9.17, 15) is 9.59 Å². The Morgan fingerprint density at radius 3 is 2.13 bits per heavy atom. The minimum atomic E-state index is -0.706. The molecule has 0 radical (unpaired) electrons. The van der Waals surface area contributed by atoms with Crippen LogP contribution in [0.4, 0.5) is 4.79 Å². The van der Waals surface area contributed by atoms with Crippen LogP contribution >= 0.6 is 0 Å². The summed E-state index contributed by atoms with van der Waals surface area (Å²) < 4.78 is 16.2. The molecule has 1 aliphatic rings. The molecule has 1 fully saturated rings. The summed E-state index contributed by atoms with van der Waals surface area (Å²) >= 11 is 0. The van der Waals surface area contributed by atoms with Crippen LogP contribution in [0.5, 0.6) is 0 Å². The number of ether oxygens (including phenoxy) is 3. The van der Waals surface area contributed by atoms with Crippen molar-refractivity contribution in [3.63, 3.8) is 0 Å². The second-order valence-corrected chi connectivity index (χ2v) is 8.79. The second kappa shape index (κ2) is 9.62. The van der Waals surface area contributed by atoms with Crippen LogP contribution in [-0.2, 0) is 25.4 Å². The number of benzene rings is 2. The standard InChI is InChI=1S/C25H31NO5/c1-25(2,3)31-24(28)26-20(16-21(22(26)27)23(29-4)30-5)15-17-11-13-19(14-12-17)18-9-7-6-8-10-18/h6-14,20-21,23H,15-16H2,1-5H3/t20-,21?/m1/s1. The smallest absolute Gasteiger partial charge is 0.417 e. The van der Waals surface area contributed by atoms with E-state index in [2.05, 4.69) is 24.3 Å². The molecule has 3 rings (SSSR count). The number of likely N-dealkylation sites (tertiary alicyclic amines) is 1. The third-order valence-corrected chi connectivity index (χ3v) is 5.36. The fourth-order valence-electron chi connectivity index (χ4n) is 3.97. The molecular weight excluding hydrogens is 394 g/mol. The quantitative estimate of drug-likeness (QED) is 0.630. The van der Waals surface area contributed by atoms with Crippen molar-refractivity contribution >= 4 is 12.0 Å². The van der Waals surface area contributed by atoms with Crippen molar-refractivity contribution in [2.75, 3.05) is 14.2 Å². The van der Waals surface area contributed by atoms with Crippen LogP contribution in [0, 0.1) is 5.92 Å². The molecule has 0 saturated carbocycles. The largest absolute Gasteiger partial charge is 0.443 e. The molecule has 0 bridgehead atoms. The molecule has 2 atom stereocenters. The highest BCUT2D eigenvalue weighted by Crippen LogP contribution is 2.33. The Bertz CT molecular complexity index is 884. The molecular formula is C25H31NO5. The minimum absolute atomic E-state index is 0.325. The maximum atomic E-state index is 13.1. The first-order valence-electron chi connectivity index (χ1n) is 10.5. The van der Waals surface area contributed by atoms with Crippen molar-refractivity contribution in [2.45, 2.75) is 51.5 Å². The maximum Gasteiger partial charge on any atom is 0.417 e. The van der Waals surface area contributed by atoms with Gasteiger partial charge in [0.05, 0.1) is 5.92 Å². The average molecular weight is 426 g/mol. The lowest BCUT2D eigenvalue weighted by molar-refractivity contribution is -0.157. The summed E-state index contributed by atoms with van der Waals surface area (Å²) in [5, 5.41) is 0. The summed E-state index contributed by atoms with van der Waals surface area (Å²) in [6, 6.07) is 18.0. The van der Waals surface area contributed by atoms with Gasteiger partial charge in [-0.1, -0.05) is 54.6 Å². The highest BCUT2D eigenvalue weighted by Gasteiger charge is 2.48. The van der Waals surface area contributed by atoms with E-state index in [4.69, 9.17) is 14.2 Å². The first-order chi connectivity index (χ1) is 14.7. The first kappa shape index (κ1) is 23.0. The van der Waals surface area contributed by atoms with Crippen LogP contribution in [0.2, 0.25) is 0 Å². The van der Waals surface area contributed by atoms with Gasteiger partial charge in [0.1, 0.15) is 5.60 Å². The van der Waals surface area contributed by atoms with E-state index in [-0.39, 0.29) is 11.9 Å². The van der Waals surface area contributed by atoms with Gasteiger partial charge >= 0.3 is 6.09 Å². The van der Waals surface area contributed by atoms with E-state index in [0.29, 0.717) is 12.8 Å². The van der Waals surface area contributed by atoms with Gasteiger partial charge in [-0.05, 0) is 50.3 Å². The number of amides is 2. The van der Waals surface area contributed by atoms with Gasteiger partial charge in [-0.2, -0.15) is 0 Å². The molecule has 1 saturated heterocycles. The van der Waals surface area contributed by atoms with Crippen molar-refractivity contribution in [3.8, 4) is 11.1 Å². The zero-order valence-corrected chi connectivity index (χ0v) is 18.8. The topological polar surface area (TPSA) is 65.1 Å². The molecule has 6 nitrogen and oxygen atoms in total. The van der Waals surface area contributed by atoms with E-state index >= 15 is 0 Å². The fraction of sp³-hybridized carbons (Fsp3) is 0.440. The molecule has 0 aromatic heterocycles. The summed E-state index contributed by atoms with van der Waals surface area (Å²) in [4.78, 5) is 27.2. The number of methoxy groups -OCH3 is 2. The molecule has 6 heteroatoms. The highest BCUT2D eigenvalue weighted by molar-refractivity contribution is 5.96. The Kier molecular flexibility index (Phi) is 7.13. The van der Waals surface area contributed by atoms with Crippen LogP contribution in [0.25, 0.3) is 11.1 Å². The normalized spacial score (nSPS) is 19.2. The van der Waals surface area contributed by atoms with Crippen LogP contribution in [-0.4, -0.2) is 49.1 Å². The van der Waals surface area contributed by atoms with Gasteiger partial charge in [-0.15, -0.1) is 0 Å². The number of nitrogens with zero attached hydrogens (tertiary/aromatic N) is 1. The molecule has 2 aromatic carbocycles. The molecule has 0 spiro atoms. The van der Waals surface area contributed by atoms with Gasteiger partial charge in [0.15, 0.2) is 6.29 Å². The maximum absolute atomic E-state index is 13.1. The predicted molar refractivity (Wildman–Crippen MR) is 118 cm³/mol. The molecule has 2 aromatic rings. The summed E-state index contributed by atoms with van der Waals surface area (Å²) in [6.45, 7) is 5.36. The third-order valence-electron chi connectivity index (χ3n) is 5.36.